The molecule has 1 heterocycles. The molecular formula is C9H13N3O. The molecule has 4 heteroatoms. The van der Waals surface area contributed by atoms with E-state index in [-0.39, 0.29) is 6.04 Å². The number of rotatable bonds is 1. The van der Waals surface area contributed by atoms with Crippen LogP contribution in [0.2, 0.25) is 0 Å². The van der Waals surface area contributed by atoms with Gasteiger partial charge in [0.15, 0.2) is 0 Å². The molecule has 1 unspecified atom stereocenters. The van der Waals surface area contributed by atoms with E-state index in [1.165, 1.54) is 0 Å². The van der Waals surface area contributed by atoms with Crippen molar-refractivity contribution in [3.05, 3.63) is 12.4 Å². The van der Waals surface area contributed by atoms with Gasteiger partial charge in [-0.25, -0.2) is 4.68 Å². The number of aromatic nitrogens is 3. The molecule has 0 radical (unpaired) electrons. The lowest BCUT2D eigenvalue weighted by atomic mass is 10.1. The van der Waals surface area contributed by atoms with Crippen LogP contribution in [0.5, 0.6) is 0 Å². The van der Waals surface area contributed by atoms with Gasteiger partial charge in [0.2, 0.25) is 0 Å². The molecule has 1 fully saturated rings. The van der Waals surface area contributed by atoms with E-state index in [2.05, 4.69) is 10.3 Å². The van der Waals surface area contributed by atoms with Gasteiger partial charge in [-0.2, -0.15) is 0 Å². The normalized spacial score (nSPS) is 24.3. The predicted molar refractivity (Wildman–Crippen MR) is 47.2 cm³/mol. The van der Waals surface area contributed by atoms with Crippen LogP contribution in [-0.2, 0) is 4.79 Å². The molecule has 1 aliphatic rings. The summed E-state index contributed by atoms with van der Waals surface area (Å²) in [7, 11) is 0. The summed E-state index contributed by atoms with van der Waals surface area (Å²) in [4.78, 5) is 11.3. The molecule has 1 aliphatic carbocycles. The SMILES string of the molecule is O=C1CCCCC(n2ccnn2)C1. The van der Waals surface area contributed by atoms with Crippen molar-refractivity contribution in [2.75, 3.05) is 0 Å². The third-order valence-electron chi connectivity index (χ3n) is 2.52. The standard InChI is InChI=1S/C9H13N3O/c13-9-4-2-1-3-8(7-9)12-6-5-10-11-12/h5-6,8H,1-4,7H2. The Morgan fingerprint density at radius 3 is 3.15 bits per heavy atom. The number of hydrogen-bond acceptors (Lipinski definition) is 3. The zero-order chi connectivity index (χ0) is 9.10. The first kappa shape index (κ1) is 8.41. The molecule has 1 aromatic rings. The summed E-state index contributed by atoms with van der Waals surface area (Å²) in [5, 5.41) is 7.69. The second-order valence-corrected chi connectivity index (χ2v) is 3.53. The minimum Gasteiger partial charge on any atom is -0.300 e. The molecule has 0 N–H and O–H groups in total. The highest BCUT2D eigenvalue weighted by atomic mass is 16.1. The predicted octanol–water partition coefficient (Wildman–Crippen LogP) is 1.35. The van der Waals surface area contributed by atoms with Gasteiger partial charge in [-0.15, -0.1) is 5.10 Å². The maximum absolute atomic E-state index is 11.3. The maximum Gasteiger partial charge on any atom is 0.135 e. The van der Waals surface area contributed by atoms with Crippen molar-refractivity contribution in [3.8, 4) is 0 Å². The number of carbonyl (C=O) groups is 1. The molecule has 2 rings (SSSR count). The second kappa shape index (κ2) is 3.68. The van der Waals surface area contributed by atoms with Crippen LogP contribution in [0, 0.1) is 0 Å². The lowest BCUT2D eigenvalue weighted by molar-refractivity contribution is -0.119. The van der Waals surface area contributed by atoms with Gasteiger partial charge in [-0.1, -0.05) is 11.6 Å². The Morgan fingerprint density at radius 1 is 1.46 bits per heavy atom. The summed E-state index contributed by atoms with van der Waals surface area (Å²) in [6.07, 6.45) is 8.07. The van der Waals surface area contributed by atoms with Crippen molar-refractivity contribution in [2.45, 2.75) is 38.1 Å². The lowest BCUT2D eigenvalue weighted by Gasteiger charge is -2.12. The van der Waals surface area contributed by atoms with Gasteiger partial charge in [0.1, 0.15) is 5.78 Å². The number of nitrogens with zero attached hydrogens (tertiary/aromatic N) is 3. The molecule has 0 bridgehead atoms. The van der Waals surface area contributed by atoms with Crippen LogP contribution < -0.4 is 0 Å². The molecule has 1 saturated carbocycles. The van der Waals surface area contributed by atoms with Gasteiger partial charge < -0.3 is 0 Å². The van der Waals surface area contributed by atoms with E-state index >= 15 is 0 Å². The second-order valence-electron chi connectivity index (χ2n) is 3.53. The third-order valence-corrected chi connectivity index (χ3v) is 2.52. The van der Waals surface area contributed by atoms with Gasteiger partial charge in [-0.3, -0.25) is 4.79 Å². The topological polar surface area (TPSA) is 47.8 Å². The van der Waals surface area contributed by atoms with E-state index in [0.717, 1.165) is 25.7 Å². The zero-order valence-electron chi connectivity index (χ0n) is 7.52. The van der Waals surface area contributed by atoms with Crippen LogP contribution >= 0.6 is 0 Å². The summed E-state index contributed by atoms with van der Waals surface area (Å²) in [6.45, 7) is 0. The number of ketones is 1. The molecule has 4 nitrogen and oxygen atoms in total. The Kier molecular flexibility index (Phi) is 2.38. The van der Waals surface area contributed by atoms with Gasteiger partial charge in [0, 0.05) is 19.0 Å². The van der Waals surface area contributed by atoms with Crippen LogP contribution in [-0.4, -0.2) is 20.8 Å². The van der Waals surface area contributed by atoms with E-state index < -0.39 is 0 Å². The Morgan fingerprint density at radius 2 is 2.38 bits per heavy atom. The highest BCUT2D eigenvalue weighted by Crippen LogP contribution is 2.23. The fourth-order valence-electron chi connectivity index (χ4n) is 1.81. The smallest absolute Gasteiger partial charge is 0.135 e. The Hall–Kier alpha value is -1.19. The van der Waals surface area contributed by atoms with Gasteiger partial charge in [0.25, 0.3) is 0 Å². The van der Waals surface area contributed by atoms with Crippen molar-refractivity contribution in [1.82, 2.24) is 15.0 Å². The molecule has 1 aromatic heterocycles. The Balaban J connectivity index is 2.09. The first-order valence-corrected chi connectivity index (χ1v) is 4.74. The summed E-state index contributed by atoms with van der Waals surface area (Å²) in [5.41, 5.74) is 0. The Labute approximate surface area is 76.9 Å². The molecule has 0 aliphatic heterocycles. The van der Waals surface area contributed by atoms with Crippen molar-refractivity contribution in [3.63, 3.8) is 0 Å². The van der Waals surface area contributed by atoms with Crippen LogP contribution in [0.15, 0.2) is 12.4 Å². The average molecular weight is 179 g/mol. The van der Waals surface area contributed by atoms with Crippen LogP contribution in [0.1, 0.15) is 38.1 Å². The monoisotopic (exact) mass is 179 g/mol. The van der Waals surface area contributed by atoms with Crippen molar-refractivity contribution in [2.24, 2.45) is 0 Å². The molecule has 70 valence electrons. The van der Waals surface area contributed by atoms with Crippen LogP contribution in [0.3, 0.4) is 0 Å². The van der Waals surface area contributed by atoms with Crippen LogP contribution in [0.4, 0.5) is 0 Å². The fourth-order valence-corrected chi connectivity index (χ4v) is 1.81. The van der Waals surface area contributed by atoms with E-state index in [9.17, 15) is 4.79 Å². The molecule has 0 spiro atoms. The molecule has 0 amide bonds. The van der Waals surface area contributed by atoms with E-state index in [1.807, 2.05) is 10.9 Å². The van der Waals surface area contributed by atoms with E-state index in [0.29, 0.717) is 12.2 Å². The highest BCUT2D eigenvalue weighted by molar-refractivity contribution is 5.78. The molecular weight excluding hydrogens is 166 g/mol. The molecule has 13 heavy (non-hydrogen) atoms. The quantitative estimate of drug-likeness (QED) is 0.611. The number of carbonyl (C=O) groups excluding carboxylic acids is 1. The number of hydrogen-bond donors (Lipinski definition) is 0. The maximum atomic E-state index is 11.3. The molecule has 1 atom stereocenters. The highest BCUT2D eigenvalue weighted by Gasteiger charge is 2.19. The Bertz CT molecular complexity index is 281. The summed E-state index contributed by atoms with van der Waals surface area (Å²) >= 11 is 0. The van der Waals surface area contributed by atoms with Gasteiger partial charge in [-0.05, 0) is 12.8 Å². The summed E-state index contributed by atoms with van der Waals surface area (Å²) in [5.74, 6) is 0.359. The van der Waals surface area contributed by atoms with Crippen molar-refractivity contribution < 1.29 is 4.79 Å². The zero-order valence-corrected chi connectivity index (χ0v) is 7.52. The number of Topliss-reactive ketones (excluding diaryl/α,β-unsaturated/α-hetero) is 1. The van der Waals surface area contributed by atoms with E-state index in [4.69, 9.17) is 0 Å². The van der Waals surface area contributed by atoms with Crippen LogP contribution in [0.25, 0.3) is 0 Å². The first-order valence-electron chi connectivity index (χ1n) is 4.74. The molecule has 0 saturated heterocycles. The third kappa shape index (κ3) is 1.94. The van der Waals surface area contributed by atoms with Gasteiger partial charge in [0.05, 0.1) is 12.2 Å². The minimum absolute atomic E-state index is 0.248. The fraction of sp³-hybridized carbons (Fsp3) is 0.667. The largest absolute Gasteiger partial charge is 0.300 e. The lowest BCUT2D eigenvalue weighted by Crippen LogP contribution is -2.12. The average Bonchev–Trinajstić information content (AvgIpc) is 2.56. The summed E-state index contributed by atoms with van der Waals surface area (Å²) < 4.78 is 1.81. The van der Waals surface area contributed by atoms with Crippen molar-refractivity contribution in [1.29, 1.82) is 0 Å². The molecule has 0 aromatic carbocycles. The first-order chi connectivity index (χ1) is 6.36. The van der Waals surface area contributed by atoms with Crippen molar-refractivity contribution >= 4 is 5.78 Å². The minimum atomic E-state index is 0.248. The van der Waals surface area contributed by atoms with E-state index in [1.54, 1.807) is 6.20 Å². The van der Waals surface area contributed by atoms with Gasteiger partial charge >= 0.3 is 0 Å². The summed E-state index contributed by atoms with van der Waals surface area (Å²) in [6, 6.07) is 0.248.